The van der Waals surface area contributed by atoms with Crippen LogP contribution in [0.15, 0.2) is 41.3 Å². The summed E-state index contributed by atoms with van der Waals surface area (Å²) in [6.07, 6.45) is 1.03. The molecular formula is C19H18N4O6S. The number of anilines is 1. The van der Waals surface area contributed by atoms with E-state index in [4.69, 9.17) is 9.47 Å². The largest absolute Gasteiger partial charge is 0.493 e. The number of aryl methyl sites for hydroxylation is 1. The second kappa shape index (κ2) is 8.74. The number of carbonyl (C=O) groups excluding carboxylic acids is 1. The summed E-state index contributed by atoms with van der Waals surface area (Å²) in [5.74, 6) is 0.619. The molecule has 2 heterocycles. The van der Waals surface area contributed by atoms with E-state index in [2.05, 4.69) is 10.3 Å². The van der Waals surface area contributed by atoms with Crippen LogP contribution in [0.1, 0.15) is 4.88 Å². The number of nitrogens with one attached hydrogen (secondary N) is 1. The SMILES string of the molecule is COc1ccc(-c2nc(NC(=O)Cn3cc([N+](=O)[O-])ccc3=O)sc2C)cc1OC. The van der Waals surface area contributed by atoms with E-state index >= 15 is 0 Å². The number of pyridine rings is 1. The molecule has 0 atom stereocenters. The first-order valence-corrected chi connectivity index (χ1v) is 9.48. The first-order valence-electron chi connectivity index (χ1n) is 8.67. The third-order valence-electron chi connectivity index (χ3n) is 4.19. The van der Waals surface area contributed by atoms with E-state index in [0.717, 1.165) is 33.3 Å². The Morgan fingerprint density at radius 2 is 1.97 bits per heavy atom. The second-order valence-corrected chi connectivity index (χ2v) is 7.36. The summed E-state index contributed by atoms with van der Waals surface area (Å²) in [6, 6.07) is 7.52. The molecule has 2 aromatic heterocycles. The Morgan fingerprint density at radius 1 is 1.23 bits per heavy atom. The van der Waals surface area contributed by atoms with Gasteiger partial charge < -0.3 is 14.8 Å². The van der Waals surface area contributed by atoms with E-state index in [9.17, 15) is 19.7 Å². The highest BCUT2D eigenvalue weighted by molar-refractivity contribution is 7.16. The topological polar surface area (TPSA) is 126 Å². The number of nitro groups is 1. The molecule has 30 heavy (non-hydrogen) atoms. The molecule has 3 rings (SSSR count). The summed E-state index contributed by atoms with van der Waals surface area (Å²) in [5.41, 5.74) is 0.667. The van der Waals surface area contributed by atoms with E-state index in [-0.39, 0.29) is 12.2 Å². The van der Waals surface area contributed by atoms with Gasteiger partial charge in [-0.25, -0.2) is 4.98 Å². The van der Waals surface area contributed by atoms with Crippen molar-refractivity contribution in [3.63, 3.8) is 0 Å². The van der Waals surface area contributed by atoms with E-state index in [1.165, 1.54) is 18.4 Å². The number of aromatic nitrogens is 2. The molecule has 0 aliphatic rings. The number of amides is 1. The fourth-order valence-electron chi connectivity index (χ4n) is 2.77. The number of benzene rings is 1. The maximum absolute atomic E-state index is 12.3. The summed E-state index contributed by atoms with van der Waals surface area (Å²) in [6.45, 7) is 1.50. The number of carbonyl (C=O) groups is 1. The van der Waals surface area contributed by atoms with Crippen molar-refractivity contribution >= 4 is 28.1 Å². The van der Waals surface area contributed by atoms with Crippen LogP contribution in [0.5, 0.6) is 11.5 Å². The molecule has 11 heteroatoms. The van der Waals surface area contributed by atoms with Crippen LogP contribution in [0.4, 0.5) is 10.8 Å². The van der Waals surface area contributed by atoms with Crippen LogP contribution in [-0.4, -0.2) is 34.6 Å². The standard InChI is InChI=1S/C19H18N4O6S/c1-11-18(12-4-6-14(28-2)15(8-12)29-3)21-19(30-11)20-16(24)10-22-9-13(23(26)27)5-7-17(22)25/h4-9H,10H2,1-3H3,(H,20,21,24). The van der Waals surface area contributed by atoms with Gasteiger partial charge in [0.15, 0.2) is 16.6 Å². The van der Waals surface area contributed by atoms with E-state index in [1.807, 2.05) is 13.0 Å². The summed E-state index contributed by atoms with van der Waals surface area (Å²) in [7, 11) is 3.09. The predicted octanol–water partition coefficient (Wildman–Crippen LogP) is 2.84. The third kappa shape index (κ3) is 4.46. The average Bonchev–Trinajstić information content (AvgIpc) is 3.08. The summed E-state index contributed by atoms with van der Waals surface area (Å²) in [5, 5.41) is 13.8. The van der Waals surface area contributed by atoms with Gasteiger partial charge in [0.05, 0.1) is 31.0 Å². The lowest BCUT2D eigenvalue weighted by Crippen LogP contribution is -2.26. The minimum Gasteiger partial charge on any atom is -0.493 e. The van der Waals surface area contributed by atoms with Crippen molar-refractivity contribution in [2.75, 3.05) is 19.5 Å². The quantitative estimate of drug-likeness (QED) is 0.451. The molecule has 0 radical (unpaired) electrons. The molecule has 0 unspecified atom stereocenters. The number of rotatable bonds is 7. The normalized spacial score (nSPS) is 10.5. The molecule has 1 aromatic carbocycles. The number of nitrogens with zero attached hydrogens (tertiary/aromatic N) is 3. The van der Waals surface area contributed by atoms with Crippen molar-refractivity contribution < 1.29 is 19.2 Å². The van der Waals surface area contributed by atoms with Crippen molar-refractivity contribution in [1.29, 1.82) is 0 Å². The summed E-state index contributed by atoms with van der Waals surface area (Å²) in [4.78, 5) is 39.8. The Morgan fingerprint density at radius 3 is 2.63 bits per heavy atom. The molecule has 0 spiro atoms. The van der Waals surface area contributed by atoms with Crippen LogP contribution >= 0.6 is 11.3 Å². The van der Waals surface area contributed by atoms with Gasteiger partial charge in [-0.3, -0.25) is 24.3 Å². The zero-order chi connectivity index (χ0) is 21.8. The molecule has 0 saturated carbocycles. The van der Waals surface area contributed by atoms with Crippen LogP contribution in [0.2, 0.25) is 0 Å². The van der Waals surface area contributed by atoms with Crippen molar-refractivity contribution in [3.05, 3.63) is 61.9 Å². The Hall–Kier alpha value is -3.73. The van der Waals surface area contributed by atoms with Gasteiger partial charge in [-0.05, 0) is 25.1 Å². The number of methoxy groups -OCH3 is 2. The van der Waals surface area contributed by atoms with Crippen molar-refractivity contribution in [2.45, 2.75) is 13.5 Å². The molecule has 0 fully saturated rings. The molecule has 10 nitrogen and oxygen atoms in total. The summed E-state index contributed by atoms with van der Waals surface area (Å²) < 4.78 is 11.5. The maximum atomic E-state index is 12.3. The highest BCUT2D eigenvalue weighted by Crippen LogP contribution is 2.35. The zero-order valence-corrected chi connectivity index (χ0v) is 17.2. The Bertz CT molecular complexity index is 1170. The minimum atomic E-state index is -0.632. The smallest absolute Gasteiger partial charge is 0.285 e. The van der Waals surface area contributed by atoms with Crippen LogP contribution in [-0.2, 0) is 11.3 Å². The van der Waals surface area contributed by atoms with Gasteiger partial charge in [-0.1, -0.05) is 0 Å². The highest BCUT2D eigenvalue weighted by atomic mass is 32.1. The number of thiazole rings is 1. The third-order valence-corrected chi connectivity index (χ3v) is 5.08. The molecule has 0 saturated heterocycles. The maximum Gasteiger partial charge on any atom is 0.285 e. The van der Waals surface area contributed by atoms with Gasteiger partial charge >= 0.3 is 0 Å². The molecule has 0 aliphatic heterocycles. The average molecular weight is 430 g/mol. The van der Waals surface area contributed by atoms with Crippen LogP contribution in [0.25, 0.3) is 11.3 Å². The Kier molecular flexibility index (Phi) is 6.11. The van der Waals surface area contributed by atoms with Crippen molar-refractivity contribution in [3.8, 4) is 22.8 Å². The van der Waals surface area contributed by atoms with Gasteiger partial charge in [0.2, 0.25) is 5.91 Å². The van der Waals surface area contributed by atoms with Crippen molar-refractivity contribution in [1.82, 2.24) is 9.55 Å². The van der Waals surface area contributed by atoms with Gasteiger partial charge in [-0.2, -0.15) is 0 Å². The molecule has 3 aromatic rings. The van der Waals surface area contributed by atoms with Crippen LogP contribution in [0, 0.1) is 17.0 Å². The lowest BCUT2D eigenvalue weighted by Gasteiger charge is -2.08. The molecule has 0 aliphatic carbocycles. The van der Waals surface area contributed by atoms with Crippen LogP contribution in [0.3, 0.4) is 0 Å². The van der Waals surface area contributed by atoms with Gasteiger partial charge in [0.1, 0.15) is 6.54 Å². The second-order valence-electron chi connectivity index (χ2n) is 6.15. The minimum absolute atomic E-state index is 0.275. The first kappa shape index (κ1) is 21.0. The zero-order valence-electron chi connectivity index (χ0n) is 16.4. The lowest BCUT2D eigenvalue weighted by molar-refractivity contribution is -0.385. The molecule has 1 N–H and O–H groups in total. The number of ether oxygens (including phenoxy) is 2. The van der Waals surface area contributed by atoms with E-state index in [0.29, 0.717) is 22.3 Å². The number of hydrogen-bond acceptors (Lipinski definition) is 8. The van der Waals surface area contributed by atoms with Gasteiger partial charge in [0, 0.05) is 22.6 Å². The molecule has 0 bridgehead atoms. The predicted molar refractivity (Wildman–Crippen MR) is 111 cm³/mol. The summed E-state index contributed by atoms with van der Waals surface area (Å²) >= 11 is 1.27. The first-order chi connectivity index (χ1) is 14.3. The fourth-order valence-corrected chi connectivity index (χ4v) is 3.62. The molecule has 1 amide bonds. The lowest BCUT2D eigenvalue weighted by atomic mass is 10.1. The van der Waals surface area contributed by atoms with Gasteiger partial charge in [0.25, 0.3) is 11.2 Å². The van der Waals surface area contributed by atoms with Crippen LogP contribution < -0.4 is 20.3 Å². The Balaban J connectivity index is 1.79. The van der Waals surface area contributed by atoms with E-state index in [1.54, 1.807) is 19.2 Å². The molecule has 156 valence electrons. The Labute approximate surface area is 174 Å². The van der Waals surface area contributed by atoms with Crippen molar-refractivity contribution in [2.24, 2.45) is 0 Å². The number of hydrogen-bond donors (Lipinski definition) is 1. The highest BCUT2D eigenvalue weighted by Gasteiger charge is 2.16. The monoisotopic (exact) mass is 430 g/mol. The molecular weight excluding hydrogens is 412 g/mol. The fraction of sp³-hybridized carbons (Fsp3) is 0.211. The van der Waals surface area contributed by atoms with E-state index < -0.39 is 16.4 Å². The van der Waals surface area contributed by atoms with Gasteiger partial charge in [-0.15, -0.1) is 11.3 Å².